The van der Waals surface area contributed by atoms with Gasteiger partial charge in [-0.05, 0) is 60.3 Å². The number of thiazole rings is 1. The van der Waals surface area contributed by atoms with Crippen LogP contribution >= 0.6 is 22.7 Å². The lowest BCUT2D eigenvalue weighted by atomic mass is 9.98. The van der Waals surface area contributed by atoms with Gasteiger partial charge in [-0.3, -0.25) is 14.5 Å². The van der Waals surface area contributed by atoms with Gasteiger partial charge in [-0.15, -0.1) is 11.3 Å². The third-order valence-electron chi connectivity index (χ3n) is 6.22. The number of amides is 1. The second kappa shape index (κ2) is 8.21. The Morgan fingerprint density at radius 2 is 2.06 bits per heavy atom. The van der Waals surface area contributed by atoms with Crippen LogP contribution in [0.3, 0.4) is 0 Å². The molecule has 176 valence electrons. The second-order valence-corrected chi connectivity index (χ2v) is 10.5. The molecule has 1 fully saturated rings. The summed E-state index contributed by atoms with van der Waals surface area (Å²) in [6, 6.07) is 13.7. The molecule has 6 rings (SSSR count). The van der Waals surface area contributed by atoms with Crippen molar-refractivity contribution in [3.05, 3.63) is 75.5 Å². The molecule has 0 spiro atoms. The van der Waals surface area contributed by atoms with Crippen molar-refractivity contribution < 1.29 is 24.2 Å². The molecule has 1 N–H and O–H groups in total. The number of ether oxygens (including phenoxy) is 2. The van der Waals surface area contributed by atoms with Crippen molar-refractivity contribution >= 4 is 55.5 Å². The summed E-state index contributed by atoms with van der Waals surface area (Å²) in [6.07, 6.45) is 0.769. The zero-order chi connectivity index (χ0) is 24.3. The zero-order valence-corrected chi connectivity index (χ0v) is 20.5. The van der Waals surface area contributed by atoms with Gasteiger partial charge in [-0.1, -0.05) is 17.4 Å². The molecule has 7 nitrogen and oxygen atoms in total. The minimum atomic E-state index is -0.777. The maximum atomic E-state index is 13.3. The van der Waals surface area contributed by atoms with Gasteiger partial charge in [-0.25, -0.2) is 4.98 Å². The number of aromatic nitrogens is 1. The quantitative estimate of drug-likeness (QED) is 0.230. The average Bonchev–Trinajstić information content (AvgIpc) is 3.63. The summed E-state index contributed by atoms with van der Waals surface area (Å²) in [5.41, 5.74) is 2.20. The van der Waals surface area contributed by atoms with Crippen LogP contribution in [-0.2, 0) is 16.0 Å². The smallest absolute Gasteiger partial charge is 0.301 e. The fraction of sp³-hybridized carbons (Fsp3) is 0.192. The van der Waals surface area contributed by atoms with Crippen molar-refractivity contribution in [1.82, 2.24) is 4.98 Å². The number of ketones is 1. The summed E-state index contributed by atoms with van der Waals surface area (Å²) in [5.74, 6) is -0.194. The van der Waals surface area contributed by atoms with Gasteiger partial charge in [0.15, 0.2) is 5.13 Å². The number of nitrogens with zero attached hydrogens (tertiary/aromatic N) is 2. The number of thiophene rings is 1. The van der Waals surface area contributed by atoms with Gasteiger partial charge >= 0.3 is 5.91 Å². The molecule has 1 saturated heterocycles. The molecule has 0 bridgehead atoms. The van der Waals surface area contributed by atoms with E-state index in [9.17, 15) is 14.7 Å². The highest BCUT2D eigenvalue weighted by atomic mass is 32.1. The van der Waals surface area contributed by atoms with Crippen molar-refractivity contribution in [2.45, 2.75) is 25.5 Å². The third-order valence-corrected chi connectivity index (χ3v) is 8.16. The molecule has 0 saturated carbocycles. The summed E-state index contributed by atoms with van der Waals surface area (Å²) in [5, 5.41) is 13.6. The van der Waals surface area contributed by atoms with E-state index in [4.69, 9.17) is 9.47 Å². The van der Waals surface area contributed by atoms with Crippen molar-refractivity contribution in [3.63, 3.8) is 0 Å². The van der Waals surface area contributed by atoms with Crippen LogP contribution < -0.4 is 14.4 Å². The lowest BCUT2D eigenvalue weighted by Crippen LogP contribution is -2.28. The molecular formula is C26H20N2O5S2. The molecule has 35 heavy (non-hydrogen) atoms. The molecule has 1 amide bonds. The van der Waals surface area contributed by atoms with Crippen molar-refractivity contribution in [1.29, 1.82) is 0 Å². The number of methoxy groups -OCH3 is 1. The van der Waals surface area contributed by atoms with Crippen LogP contribution in [0.25, 0.3) is 16.0 Å². The molecular weight excluding hydrogens is 484 g/mol. The first-order valence-corrected chi connectivity index (χ1v) is 12.7. The highest BCUT2D eigenvalue weighted by Crippen LogP contribution is 2.46. The van der Waals surface area contributed by atoms with Crippen molar-refractivity contribution in [3.8, 4) is 11.5 Å². The molecule has 2 aliphatic heterocycles. The van der Waals surface area contributed by atoms with E-state index in [-0.39, 0.29) is 17.4 Å². The minimum absolute atomic E-state index is 0.0526. The molecule has 2 aromatic heterocycles. The minimum Gasteiger partial charge on any atom is -0.507 e. The highest BCUT2D eigenvalue weighted by molar-refractivity contribution is 7.22. The fourth-order valence-electron chi connectivity index (χ4n) is 4.59. The zero-order valence-electron chi connectivity index (χ0n) is 18.8. The lowest BCUT2D eigenvalue weighted by Gasteiger charge is -2.21. The predicted octanol–water partition coefficient (Wildman–Crippen LogP) is 5.32. The number of aliphatic hydroxyl groups excluding tert-OH is 1. The number of anilines is 1. The predicted molar refractivity (Wildman–Crippen MR) is 136 cm³/mol. The van der Waals surface area contributed by atoms with Crippen LogP contribution in [0.4, 0.5) is 5.13 Å². The summed E-state index contributed by atoms with van der Waals surface area (Å²) in [7, 11) is 1.59. The number of hydrogen-bond acceptors (Lipinski definition) is 8. The molecule has 0 aliphatic carbocycles. The first kappa shape index (κ1) is 21.8. The summed E-state index contributed by atoms with van der Waals surface area (Å²) in [6.45, 7) is 1.98. The molecule has 0 radical (unpaired) electrons. The summed E-state index contributed by atoms with van der Waals surface area (Å²) in [4.78, 5) is 33.5. The Kier molecular flexibility index (Phi) is 5.12. The Morgan fingerprint density at radius 1 is 1.20 bits per heavy atom. The van der Waals surface area contributed by atoms with E-state index in [2.05, 4.69) is 4.98 Å². The molecule has 9 heteroatoms. The lowest BCUT2D eigenvalue weighted by molar-refractivity contribution is -0.132. The number of Topliss-reactive ketones (excluding diaryl/α,β-unsaturated/α-hetero) is 1. The van der Waals surface area contributed by atoms with E-state index in [0.717, 1.165) is 20.9 Å². The Morgan fingerprint density at radius 3 is 2.83 bits per heavy atom. The van der Waals surface area contributed by atoms with Crippen LogP contribution in [0.15, 0.2) is 59.5 Å². The van der Waals surface area contributed by atoms with E-state index < -0.39 is 17.7 Å². The van der Waals surface area contributed by atoms with Gasteiger partial charge in [0.2, 0.25) is 0 Å². The van der Waals surface area contributed by atoms with Crippen LogP contribution in [0.1, 0.15) is 29.0 Å². The van der Waals surface area contributed by atoms with Crippen LogP contribution in [0.2, 0.25) is 0 Å². The normalized spacial score (nSPS) is 20.9. The van der Waals surface area contributed by atoms with Gasteiger partial charge in [-0.2, -0.15) is 0 Å². The standard InChI is InChI=1S/C26H20N2O5S2/c1-13-10-15-11-14(5-8-18(15)33-13)23(29)21-22(19-4-3-9-34-19)28(25(31)24(21)30)26-27-17-7-6-16(32-2)12-20(17)35-26/h3-9,11-13,22,29H,10H2,1-2H3/t13-,22-/m1/s1. The van der Waals surface area contributed by atoms with Gasteiger partial charge in [0, 0.05) is 16.9 Å². The number of hydrogen-bond donors (Lipinski definition) is 1. The topological polar surface area (TPSA) is 89.0 Å². The Bertz CT molecular complexity index is 1520. The van der Waals surface area contributed by atoms with Gasteiger partial charge < -0.3 is 14.6 Å². The largest absolute Gasteiger partial charge is 0.507 e. The SMILES string of the molecule is COc1ccc2nc(N3C(=O)C(=O)C(=C(O)c4ccc5c(c4)C[C@@H](C)O5)[C@H]3c3cccs3)sc2c1. The number of aliphatic hydroxyl groups is 1. The Labute approximate surface area is 208 Å². The molecule has 2 aromatic carbocycles. The monoisotopic (exact) mass is 504 g/mol. The third kappa shape index (κ3) is 3.50. The van der Waals surface area contributed by atoms with Crippen molar-refractivity contribution in [2.75, 3.05) is 12.0 Å². The number of rotatable bonds is 4. The molecule has 4 heterocycles. The summed E-state index contributed by atoms with van der Waals surface area (Å²) < 4.78 is 11.9. The number of carbonyl (C=O) groups excluding carboxylic acids is 2. The molecule has 0 unspecified atom stereocenters. The number of fused-ring (bicyclic) bond motifs is 2. The summed E-state index contributed by atoms with van der Waals surface area (Å²) >= 11 is 2.72. The highest BCUT2D eigenvalue weighted by Gasteiger charge is 2.48. The average molecular weight is 505 g/mol. The van der Waals surface area contributed by atoms with Gasteiger partial charge in [0.05, 0.1) is 22.9 Å². The number of benzene rings is 2. The maximum absolute atomic E-state index is 13.3. The van der Waals surface area contributed by atoms with E-state index in [0.29, 0.717) is 28.4 Å². The van der Waals surface area contributed by atoms with E-state index in [1.165, 1.54) is 27.6 Å². The maximum Gasteiger partial charge on any atom is 0.301 e. The van der Waals surface area contributed by atoms with Gasteiger partial charge in [0.25, 0.3) is 5.78 Å². The number of carbonyl (C=O) groups is 2. The molecule has 2 aliphatic rings. The van der Waals surface area contributed by atoms with Crippen LogP contribution in [0.5, 0.6) is 11.5 Å². The second-order valence-electron chi connectivity index (χ2n) is 8.47. The first-order chi connectivity index (χ1) is 16.9. The van der Waals surface area contributed by atoms with Gasteiger partial charge in [0.1, 0.15) is 29.4 Å². The Balaban J connectivity index is 1.50. The first-order valence-electron chi connectivity index (χ1n) is 11.0. The van der Waals surface area contributed by atoms with Crippen molar-refractivity contribution in [2.24, 2.45) is 0 Å². The fourth-order valence-corrected chi connectivity index (χ4v) is 6.44. The van der Waals surface area contributed by atoms with E-state index in [1.54, 1.807) is 25.3 Å². The molecule has 2 atom stereocenters. The van der Waals surface area contributed by atoms with Crippen LogP contribution in [-0.4, -0.2) is 35.0 Å². The van der Waals surface area contributed by atoms with E-state index >= 15 is 0 Å². The van der Waals surface area contributed by atoms with Crippen LogP contribution in [0, 0.1) is 0 Å². The molecule has 4 aromatic rings. The Hall–Kier alpha value is -3.69. The van der Waals surface area contributed by atoms with E-state index in [1.807, 2.05) is 42.6 Å².